The molecule has 0 aromatic carbocycles. The van der Waals surface area contributed by atoms with Gasteiger partial charge < -0.3 is 15.1 Å². The molecule has 1 aromatic heterocycles. The predicted octanol–water partition coefficient (Wildman–Crippen LogP) is 1.76. The first-order valence-electron chi connectivity index (χ1n) is 7.66. The van der Waals surface area contributed by atoms with Crippen LogP contribution >= 0.6 is 0 Å². The summed E-state index contributed by atoms with van der Waals surface area (Å²) in [4.78, 5) is 13.2. The normalized spacial score (nSPS) is 16.4. The van der Waals surface area contributed by atoms with Crippen molar-refractivity contribution in [2.24, 2.45) is 5.92 Å². The molecular formula is C15H27N5. The van der Waals surface area contributed by atoms with Gasteiger partial charge in [-0.1, -0.05) is 6.92 Å². The van der Waals surface area contributed by atoms with E-state index in [4.69, 9.17) is 0 Å². The van der Waals surface area contributed by atoms with Crippen LogP contribution in [0.3, 0.4) is 0 Å². The summed E-state index contributed by atoms with van der Waals surface area (Å²) in [6.45, 7) is 6.71. The van der Waals surface area contributed by atoms with Gasteiger partial charge in [-0.05, 0) is 44.3 Å². The molecule has 20 heavy (non-hydrogen) atoms. The number of nitrogens with one attached hydrogen (secondary N) is 1. The molecule has 2 heterocycles. The Labute approximate surface area is 122 Å². The van der Waals surface area contributed by atoms with Gasteiger partial charge in [0, 0.05) is 33.4 Å². The minimum atomic E-state index is 0.786. The van der Waals surface area contributed by atoms with Crippen LogP contribution < -0.4 is 15.1 Å². The number of hydrogen-bond acceptors (Lipinski definition) is 5. The largest absolute Gasteiger partial charge is 0.356 e. The fraction of sp³-hybridized carbons (Fsp3) is 0.733. The second-order valence-electron chi connectivity index (χ2n) is 5.74. The van der Waals surface area contributed by atoms with Crippen LogP contribution in [0.1, 0.15) is 26.2 Å². The second-order valence-corrected chi connectivity index (χ2v) is 5.74. The first-order valence-corrected chi connectivity index (χ1v) is 7.66. The molecule has 1 N–H and O–H groups in total. The maximum atomic E-state index is 4.62. The van der Waals surface area contributed by atoms with Crippen LogP contribution in [0.5, 0.6) is 0 Å². The third kappa shape index (κ3) is 4.07. The molecule has 1 aromatic rings. The summed E-state index contributed by atoms with van der Waals surface area (Å²) >= 11 is 0. The van der Waals surface area contributed by atoms with E-state index in [1.807, 2.05) is 31.3 Å². The minimum Gasteiger partial charge on any atom is -0.356 e. The van der Waals surface area contributed by atoms with E-state index in [1.165, 1.54) is 19.3 Å². The monoisotopic (exact) mass is 277 g/mol. The Morgan fingerprint density at radius 2 is 2.10 bits per heavy atom. The van der Waals surface area contributed by atoms with Gasteiger partial charge in [-0.25, -0.2) is 4.98 Å². The number of piperidine rings is 1. The van der Waals surface area contributed by atoms with Crippen LogP contribution in [0.4, 0.5) is 11.8 Å². The lowest BCUT2D eigenvalue weighted by molar-refractivity contribution is 0.382. The highest BCUT2D eigenvalue weighted by Gasteiger charge is 2.20. The van der Waals surface area contributed by atoms with E-state index in [-0.39, 0.29) is 0 Å². The van der Waals surface area contributed by atoms with Crippen molar-refractivity contribution in [3.63, 3.8) is 0 Å². The molecule has 0 spiro atoms. The Morgan fingerprint density at radius 1 is 1.35 bits per heavy atom. The van der Waals surface area contributed by atoms with Crippen molar-refractivity contribution in [3.8, 4) is 0 Å². The average Bonchev–Trinajstić information content (AvgIpc) is 2.48. The molecule has 2 rings (SSSR count). The molecule has 0 bridgehead atoms. The van der Waals surface area contributed by atoms with Crippen LogP contribution in [-0.2, 0) is 0 Å². The Morgan fingerprint density at radius 3 is 2.75 bits per heavy atom. The maximum absolute atomic E-state index is 4.62. The molecule has 0 unspecified atom stereocenters. The fourth-order valence-electron chi connectivity index (χ4n) is 2.58. The smallest absolute Gasteiger partial charge is 0.226 e. The fourth-order valence-corrected chi connectivity index (χ4v) is 2.58. The van der Waals surface area contributed by atoms with Gasteiger partial charge in [0.2, 0.25) is 5.95 Å². The molecule has 112 valence electrons. The Kier molecular flexibility index (Phi) is 5.59. The standard InChI is InChI=1S/C15H27N5/c1-4-8-16-12-13-6-10-20(11-7-13)14-5-9-17-15(18-14)19(2)3/h5,9,13,16H,4,6-8,10-12H2,1-3H3. The Hall–Kier alpha value is -1.36. The summed E-state index contributed by atoms with van der Waals surface area (Å²) in [5.41, 5.74) is 0. The molecule has 5 nitrogen and oxygen atoms in total. The van der Waals surface area contributed by atoms with Gasteiger partial charge in [-0.15, -0.1) is 0 Å². The first-order chi connectivity index (χ1) is 9.70. The van der Waals surface area contributed by atoms with Crippen LogP contribution in [0.25, 0.3) is 0 Å². The molecule has 0 amide bonds. The van der Waals surface area contributed by atoms with E-state index in [0.29, 0.717) is 0 Å². The molecule has 5 heteroatoms. The SMILES string of the molecule is CCCNCC1CCN(c2ccnc(N(C)C)n2)CC1. The van der Waals surface area contributed by atoms with E-state index < -0.39 is 0 Å². The molecule has 0 aliphatic carbocycles. The summed E-state index contributed by atoms with van der Waals surface area (Å²) in [6, 6.07) is 2.02. The molecule has 1 saturated heterocycles. The molecular weight excluding hydrogens is 250 g/mol. The predicted molar refractivity (Wildman–Crippen MR) is 84.5 cm³/mol. The number of hydrogen-bond donors (Lipinski definition) is 1. The highest BCUT2D eigenvalue weighted by atomic mass is 15.3. The molecule has 0 radical (unpaired) electrons. The first kappa shape index (κ1) is 15.0. The summed E-state index contributed by atoms with van der Waals surface area (Å²) in [5, 5.41) is 3.53. The van der Waals surface area contributed by atoms with Gasteiger partial charge in [0.15, 0.2) is 0 Å². The quantitative estimate of drug-likeness (QED) is 0.803. The van der Waals surface area contributed by atoms with Crippen molar-refractivity contribution in [1.82, 2.24) is 15.3 Å². The lowest BCUT2D eigenvalue weighted by Gasteiger charge is -2.33. The highest BCUT2D eigenvalue weighted by Crippen LogP contribution is 2.22. The van der Waals surface area contributed by atoms with Gasteiger partial charge in [-0.3, -0.25) is 0 Å². The van der Waals surface area contributed by atoms with Crippen LogP contribution in [0, 0.1) is 5.92 Å². The highest BCUT2D eigenvalue weighted by molar-refractivity contribution is 5.43. The lowest BCUT2D eigenvalue weighted by atomic mass is 9.97. The summed E-state index contributed by atoms with van der Waals surface area (Å²) in [5.74, 6) is 2.66. The molecule has 1 fully saturated rings. The van der Waals surface area contributed by atoms with Crippen molar-refractivity contribution < 1.29 is 0 Å². The van der Waals surface area contributed by atoms with Crippen molar-refractivity contribution in [2.75, 3.05) is 50.1 Å². The number of aromatic nitrogens is 2. The third-order valence-corrected chi connectivity index (χ3v) is 3.83. The van der Waals surface area contributed by atoms with Crippen molar-refractivity contribution >= 4 is 11.8 Å². The van der Waals surface area contributed by atoms with Gasteiger partial charge in [0.05, 0.1) is 0 Å². The number of rotatable bonds is 6. The van der Waals surface area contributed by atoms with E-state index in [9.17, 15) is 0 Å². The maximum Gasteiger partial charge on any atom is 0.226 e. The topological polar surface area (TPSA) is 44.3 Å². The third-order valence-electron chi connectivity index (χ3n) is 3.83. The van der Waals surface area contributed by atoms with Gasteiger partial charge in [-0.2, -0.15) is 4.98 Å². The van der Waals surface area contributed by atoms with Crippen LogP contribution in [0.15, 0.2) is 12.3 Å². The van der Waals surface area contributed by atoms with E-state index >= 15 is 0 Å². The van der Waals surface area contributed by atoms with E-state index in [1.54, 1.807) is 0 Å². The molecule has 0 saturated carbocycles. The average molecular weight is 277 g/mol. The van der Waals surface area contributed by atoms with Crippen molar-refractivity contribution in [1.29, 1.82) is 0 Å². The van der Waals surface area contributed by atoms with Gasteiger partial charge >= 0.3 is 0 Å². The van der Waals surface area contributed by atoms with Gasteiger partial charge in [0.25, 0.3) is 0 Å². The second kappa shape index (κ2) is 7.43. The van der Waals surface area contributed by atoms with E-state index in [0.717, 1.165) is 43.9 Å². The Balaban J connectivity index is 1.85. The summed E-state index contributed by atoms with van der Waals surface area (Å²) in [7, 11) is 3.95. The molecule has 1 aliphatic heterocycles. The minimum absolute atomic E-state index is 0.786. The number of anilines is 2. The summed E-state index contributed by atoms with van der Waals surface area (Å²) < 4.78 is 0. The van der Waals surface area contributed by atoms with Crippen LogP contribution in [0.2, 0.25) is 0 Å². The van der Waals surface area contributed by atoms with Crippen LogP contribution in [-0.4, -0.2) is 50.2 Å². The van der Waals surface area contributed by atoms with Crippen molar-refractivity contribution in [3.05, 3.63) is 12.3 Å². The lowest BCUT2D eigenvalue weighted by Crippen LogP contribution is -2.38. The van der Waals surface area contributed by atoms with Gasteiger partial charge in [0.1, 0.15) is 5.82 Å². The zero-order valence-corrected chi connectivity index (χ0v) is 13.0. The number of nitrogens with zero attached hydrogens (tertiary/aromatic N) is 4. The van der Waals surface area contributed by atoms with Crippen molar-refractivity contribution in [2.45, 2.75) is 26.2 Å². The Bertz CT molecular complexity index is 399. The molecule has 0 atom stereocenters. The van der Waals surface area contributed by atoms with E-state index in [2.05, 4.69) is 27.1 Å². The molecule has 1 aliphatic rings. The summed E-state index contributed by atoms with van der Waals surface area (Å²) in [6.07, 6.45) is 5.57. The zero-order chi connectivity index (χ0) is 14.4. The zero-order valence-electron chi connectivity index (χ0n) is 13.0.